The van der Waals surface area contributed by atoms with E-state index in [2.05, 4.69) is 0 Å². The Morgan fingerprint density at radius 3 is 2.20 bits per heavy atom. The van der Waals surface area contributed by atoms with Gasteiger partial charge in [0.25, 0.3) is 0 Å². The van der Waals surface area contributed by atoms with Crippen LogP contribution in [0.15, 0.2) is 47.7 Å². The SMILES string of the molecule is CC1=CC(=O)C(N(C(N)=O)c2ccc(N)cc2)=CC1=O. The molecule has 1 aromatic carbocycles. The van der Waals surface area contributed by atoms with Crippen LogP contribution < -0.4 is 16.4 Å². The van der Waals surface area contributed by atoms with E-state index in [4.69, 9.17) is 11.5 Å². The number of nitrogens with two attached hydrogens (primary N) is 2. The van der Waals surface area contributed by atoms with Crippen molar-refractivity contribution < 1.29 is 14.4 Å². The fraction of sp³-hybridized carbons (Fsp3) is 0.0714. The molecule has 0 bridgehead atoms. The number of anilines is 2. The number of allylic oxidation sites excluding steroid dienone is 3. The van der Waals surface area contributed by atoms with E-state index in [1.165, 1.54) is 13.0 Å². The van der Waals surface area contributed by atoms with Gasteiger partial charge in [-0.1, -0.05) is 0 Å². The van der Waals surface area contributed by atoms with Crippen LogP contribution >= 0.6 is 0 Å². The van der Waals surface area contributed by atoms with E-state index in [-0.39, 0.29) is 11.5 Å². The normalized spacial score (nSPS) is 14.7. The first-order valence-corrected chi connectivity index (χ1v) is 5.84. The quantitative estimate of drug-likeness (QED) is 0.621. The largest absolute Gasteiger partial charge is 0.399 e. The lowest BCUT2D eigenvalue weighted by Crippen LogP contribution is -2.39. The zero-order valence-electron chi connectivity index (χ0n) is 10.8. The summed E-state index contributed by atoms with van der Waals surface area (Å²) >= 11 is 0. The molecule has 0 aromatic heterocycles. The Bertz CT molecular complexity index is 657. The number of carbonyl (C=O) groups excluding carboxylic acids is 3. The summed E-state index contributed by atoms with van der Waals surface area (Å²) in [4.78, 5) is 36.2. The van der Waals surface area contributed by atoms with Gasteiger partial charge in [-0.15, -0.1) is 0 Å². The molecule has 1 aliphatic rings. The molecule has 0 atom stereocenters. The number of nitrogen functional groups attached to an aromatic ring is 1. The van der Waals surface area contributed by atoms with E-state index in [0.29, 0.717) is 16.9 Å². The van der Waals surface area contributed by atoms with Gasteiger partial charge in [0, 0.05) is 17.3 Å². The number of primary amides is 1. The van der Waals surface area contributed by atoms with Crippen LogP contribution in [0.5, 0.6) is 0 Å². The maximum Gasteiger partial charge on any atom is 0.324 e. The van der Waals surface area contributed by atoms with Crippen LogP contribution in [0.1, 0.15) is 6.92 Å². The lowest BCUT2D eigenvalue weighted by Gasteiger charge is -2.23. The Hall–Kier alpha value is -2.89. The van der Waals surface area contributed by atoms with Crippen molar-refractivity contribution in [3.63, 3.8) is 0 Å². The lowest BCUT2D eigenvalue weighted by atomic mass is 10.0. The number of carbonyl (C=O) groups is 3. The average molecular weight is 271 g/mol. The summed E-state index contributed by atoms with van der Waals surface area (Å²) < 4.78 is 0. The number of ketones is 2. The van der Waals surface area contributed by atoms with E-state index in [1.54, 1.807) is 24.3 Å². The summed E-state index contributed by atoms with van der Waals surface area (Å²) in [5, 5.41) is 0. The van der Waals surface area contributed by atoms with E-state index >= 15 is 0 Å². The van der Waals surface area contributed by atoms with Gasteiger partial charge in [0.2, 0.25) is 5.78 Å². The highest BCUT2D eigenvalue weighted by atomic mass is 16.2. The van der Waals surface area contributed by atoms with Crippen LogP contribution in [0.25, 0.3) is 0 Å². The van der Waals surface area contributed by atoms with Crippen molar-refractivity contribution in [3.8, 4) is 0 Å². The average Bonchev–Trinajstić information content (AvgIpc) is 2.38. The second-order valence-corrected chi connectivity index (χ2v) is 4.35. The minimum absolute atomic E-state index is 0.0714. The number of urea groups is 1. The van der Waals surface area contributed by atoms with E-state index in [0.717, 1.165) is 11.0 Å². The molecule has 0 fully saturated rings. The Kier molecular flexibility index (Phi) is 3.39. The Morgan fingerprint density at radius 1 is 1.05 bits per heavy atom. The highest BCUT2D eigenvalue weighted by molar-refractivity contribution is 6.23. The van der Waals surface area contributed by atoms with Crippen molar-refractivity contribution in [2.24, 2.45) is 5.73 Å². The maximum absolute atomic E-state index is 12.0. The van der Waals surface area contributed by atoms with Gasteiger partial charge < -0.3 is 11.5 Å². The van der Waals surface area contributed by atoms with Crippen molar-refractivity contribution in [2.75, 3.05) is 10.6 Å². The van der Waals surface area contributed by atoms with Gasteiger partial charge in [-0.05, 0) is 37.3 Å². The smallest absolute Gasteiger partial charge is 0.324 e. The topological polar surface area (TPSA) is 106 Å². The molecular weight excluding hydrogens is 258 g/mol. The second-order valence-electron chi connectivity index (χ2n) is 4.35. The molecule has 6 heteroatoms. The first-order valence-electron chi connectivity index (χ1n) is 5.84. The van der Waals surface area contributed by atoms with E-state index < -0.39 is 11.8 Å². The number of rotatable bonds is 2. The third kappa shape index (κ3) is 2.44. The molecule has 0 aliphatic heterocycles. The molecule has 0 saturated carbocycles. The predicted molar refractivity (Wildman–Crippen MR) is 74.8 cm³/mol. The number of hydrogen-bond donors (Lipinski definition) is 2. The van der Waals surface area contributed by atoms with Gasteiger partial charge in [0.15, 0.2) is 5.78 Å². The second kappa shape index (κ2) is 5.00. The predicted octanol–water partition coefficient (Wildman–Crippen LogP) is 1.14. The monoisotopic (exact) mass is 271 g/mol. The molecule has 1 aliphatic carbocycles. The molecular formula is C14H13N3O3. The van der Waals surface area contributed by atoms with E-state index in [1.807, 2.05) is 0 Å². The number of nitrogens with zero attached hydrogens (tertiary/aromatic N) is 1. The summed E-state index contributed by atoms with van der Waals surface area (Å²) in [5.41, 5.74) is 12.0. The molecule has 0 spiro atoms. The van der Waals surface area contributed by atoms with Gasteiger partial charge in [0.1, 0.15) is 5.70 Å². The molecule has 4 N–H and O–H groups in total. The van der Waals surface area contributed by atoms with Crippen LogP contribution in [-0.4, -0.2) is 17.6 Å². The molecule has 0 unspecified atom stereocenters. The molecule has 102 valence electrons. The van der Waals surface area contributed by atoms with E-state index in [9.17, 15) is 14.4 Å². The fourth-order valence-corrected chi connectivity index (χ4v) is 1.83. The molecule has 0 radical (unpaired) electrons. The standard InChI is InChI=1S/C14H13N3O3/c1-8-6-13(19)11(7-12(8)18)17(14(16)20)10-4-2-9(15)3-5-10/h2-7H,15H2,1H3,(H2,16,20). The van der Waals surface area contributed by atoms with Crippen LogP contribution in [-0.2, 0) is 9.59 Å². The van der Waals surface area contributed by atoms with Gasteiger partial charge in [0.05, 0.1) is 5.69 Å². The van der Waals surface area contributed by atoms with Crippen LogP contribution in [0.2, 0.25) is 0 Å². The minimum Gasteiger partial charge on any atom is -0.399 e. The summed E-state index contributed by atoms with van der Waals surface area (Å²) in [6.07, 6.45) is 2.30. The lowest BCUT2D eigenvalue weighted by molar-refractivity contribution is -0.115. The van der Waals surface area contributed by atoms with Crippen LogP contribution in [0.3, 0.4) is 0 Å². The van der Waals surface area contributed by atoms with Crippen LogP contribution in [0.4, 0.5) is 16.2 Å². The first-order chi connectivity index (χ1) is 9.40. The molecule has 0 saturated heterocycles. The van der Waals surface area contributed by atoms with Crippen molar-refractivity contribution in [1.82, 2.24) is 0 Å². The van der Waals surface area contributed by atoms with Crippen LogP contribution in [0, 0.1) is 0 Å². The number of benzene rings is 1. The van der Waals surface area contributed by atoms with Crippen molar-refractivity contribution in [1.29, 1.82) is 0 Å². The number of hydrogen-bond acceptors (Lipinski definition) is 4. The zero-order valence-corrected chi connectivity index (χ0v) is 10.8. The summed E-state index contributed by atoms with van der Waals surface area (Å²) in [6.45, 7) is 1.53. The van der Waals surface area contributed by atoms with Crippen molar-refractivity contribution in [2.45, 2.75) is 6.92 Å². The molecule has 1 aromatic rings. The zero-order chi connectivity index (χ0) is 14.9. The molecule has 0 heterocycles. The first kappa shape index (κ1) is 13.5. The minimum atomic E-state index is -0.852. The van der Waals surface area contributed by atoms with Crippen molar-refractivity contribution >= 4 is 29.0 Å². The third-order valence-electron chi connectivity index (χ3n) is 2.87. The summed E-state index contributed by atoms with van der Waals surface area (Å²) in [5.74, 6) is -0.779. The third-order valence-corrected chi connectivity index (χ3v) is 2.87. The molecule has 20 heavy (non-hydrogen) atoms. The molecule has 2 rings (SSSR count). The Balaban J connectivity index is 2.48. The van der Waals surface area contributed by atoms with Gasteiger partial charge in [-0.2, -0.15) is 0 Å². The molecule has 6 nitrogen and oxygen atoms in total. The summed E-state index contributed by atoms with van der Waals surface area (Å²) in [6, 6.07) is 5.38. The van der Waals surface area contributed by atoms with Gasteiger partial charge in [-0.25, -0.2) is 4.79 Å². The summed E-state index contributed by atoms with van der Waals surface area (Å²) in [7, 11) is 0. The van der Waals surface area contributed by atoms with Gasteiger partial charge >= 0.3 is 6.03 Å². The Morgan fingerprint density at radius 2 is 1.65 bits per heavy atom. The highest BCUT2D eigenvalue weighted by Crippen LogP contribution is 2.24. The highest BCUT2D eigenvalue weighted by Gasteiger charge is 2.26. The maximum atomic E-state index is 12.0. The fourth-order valence-electron chi connectivity index (χ4n) is 1.83. The Labute approximate surface area is 115 Å². The van der Waals surface area contributed by atoms with Gasteiger partial charge in [-0.3, -0.25) is 14.5 Å². The molecule has 2 amide bonds. The number of amides is 2. The van der Waals surface area contributed by atoms with Crippen molar-refractivity contribution in [3.05, 3.63) is 47.7 Å².